The molecule has 2 heterocycles. The molecule has 3 atom stereocenters. The van der Waals surface area contributed by atoms with Crippen molar-refractivity contribution in [2.45, 2.75) is 52.0 Å². The van der Waals surface area contributed by atoms with E-state index in [0.717, 1.165) is 32.4 Å². The smallest absolute Gasteiger partial charge is 0.241 e. The maximum atomic E-state index is 13.3. The highest BCUT2D eigenvalue weighted by Crippen LogP contribution is 2.64. The van der Waals surface area contributed by atoms with E-state index in [1.54, 1.807) is 4.90 Å². The predicted octanol–water partition coefficient (Wildman–Crippen LogP) is 1.71. The number of carbonyl (C=O) groups is 2. The Morgan fingerprint density at radius 2 is 1.96 bits per heavy atom. The molecule has 0 aromatic carbocycles. The third-order valence-electron chi connectivity index (χ3n) is 7.47. The van der Waals surface area contributed by atoms with Crippen LogP contribution in [0.25, 0.3) is 0 Å². The third-order valence-corrected chi connectivity index (χ3v) is 10.6. The maximum Gasteiger partial charge on any atom is 0.241 e. The normalized spacial score (nSPS) is 37.0. The lowest BCUT2D eigenvalue weighted by Gasteiger charge is -2.38. The Bertz CT molecular complexity index is 729. The minimum absolute atomic E-state index is 0.0603. The average Bonchev–Trinajstić information content (AvgIpc) is 3.32. The fraction of sp³-hybridized carbons (Fsp3) is 0.889. The molecule has 0 unspecified atom stereocenters. The van der Waals surface area contributed by atoms with Gasteiger partial charge in [-0.2, -0.15) is 4.31 Å². The van der Waals surface area contributed by atoms with Gasteiger partial charge in [0.25, 0.3) is 0 Å². The summed E-state index contributed by atoms with van der Waals surface area (Å²) < 4.78 is 28.0. The first-order chi connectivity index (χ1) is 12.2. The van der Waals surface area contributed by atoms with Gasteiger partial charge in [0, 0.05) is 30.7 Å². The second-order valence-electron chi connectivity index (χ2n) is 8.86. The van der Waals surface area contributed by atoms with E-state index in [2.05, 4.69) is 13.8 Å². The molecule has 0 aromatic heterocycles. The molecule has 146 valence electrons. The summed E-state index contributed by atoms with van der Waals surface area (Å²) in [5.41, 5.74) is -1.05. The first-order valence-electron chi connectivity index (χ1n) is 9.58. The molecule has 2 saturated carbocycles. The molecule has 26 heavy (non-hydrogen) atoms. The van der Waals surface area contributed by atoms with Gasteiger partial charge in [0.15, 0.2) is 0 Å². The fourth-order valence-electron chi connectivity index (χ4n) is 5.55. The van der Waals surface area contributed by atoms with Crippen molar-refractivity contribution in [1.29, 1.82) is 0 Å². The standard InChI is InChI=1S/C18H28N2O4S2/c1-17(2)13-5-6-18(17,15(21)9-13)11-26(23,24)20-12-25-10-14(20)16(22)19-7-3-4-8-19/h13-14H,3-12H2,1-2H3/t13-,14-,18+/m0/s1. The zero-order valence-electron chi connectivity index (χ0n) is 15.6. The van der Waals surface area contributed by atoms with Crippen molar-refractivity contribution in [3.8, 4) is 0 Å². The molecule has 0 radical (unpaired) electrons. The van der Waals surface area contributed by atoms with Crippen molar-refractivity contribution in [3.05, 3.63) is 0 Å². The molecule has 8 heteroatoms. The van der Waals surface area contributed by atoms with Gasteiger partial charge in [-0.15, -0.1) is 11.8 Å². The molecule has 2 aliphatic carbocycles. The summed E-state index contributed by atoms with van der Waals surface area (Å²) >= 11 is 1.49. The van der Waals surface area contributed by atoms with E-state index in [9.17, 15) is 18.0 Å². The average molecular weight is 401 g/mol. The number of rotatable bonds is 4. The summed E-state index contributed by atoms with van der Waals surface area (Å²) in [6.45, 7) is 5.56. The van der Waals surface area contributed by atoms with Gasteiger partial charge in [0.2, 0.25) is 15.9 Å². The highest BCUT2D eigenvalue weighted by atomic mass is 32.2. The molecule has 2 saturated heterocycles. The van der Waals surface area contributed by atoms with E-state index in [1.165, 1.54) is 16.1 Å². The molecule has 0 spiro atoms. The van der Waals surface area contributed by atoms with Crippen molar-refractivity contribution >= 4 is 33.5 Å². The predicted molar refractivity (Wildman–Crippen MR) is 101 cm³/mol. The third kappa shape index (κ3) is 2.58. The monoisotopic (exact) mass is 400 g/mol. The van der Waals surface area contributed by atoms with Crippen LogP contribution < -0.4 is 0 Å². The van der Waals surface area contributed by atoms with Crippen LogP contribution in [-0.2, 0) is 19.6 Å². The van der Waals surface area contributed by atoms with Crippen LogP contribution in [-0.4, -0.2) is 65.8 Å². The minimum atomic E-state index is -3.67. The van der Waals surface area contributed by atoms with Crippen molar-refractivity contribution in [2.75, 3.05) is 30.5 Å². The summed E-state index contributed by atoms with van der Waals surface area (Å²) in [6.07, 6.45) is 4.08. The lowest BCUT2D eigenvalue weighted by molar-refractivity contribution is -0.133. The molecule has 2 aliphatic heterocycles. The van der Waals surface area contributed by atoms with E-state index in [1.807, 2.05) is 0 Å². The largest absolute Gasteiger partial charge is 0.341 e. The summed E-state index contributed by atoms with van der Waals surface area (Å²) in [6, 6.07) is -0.601. The number of Topliss-reactive ketones (excluding diaryl/α,β-unsaturated/α-hetero) is 1. The van der Waals surface area contributed by atoms with Crippen LogP contribution in [0.2, 0.25) is 0 Å². The van der Waals surface area contributed by atoms with Gasteiger partial charge in [0.05, 0.1) is 11.6 Å². The Hall–Kier alpha value is -0.600. The molecule has 6 nitrogen and oxygen atoms in total. The summed E-state index contributed by atoms with van der Waals surface area (Å²) in [7, 11) is -3.67. The van der Waals surface area contributed by atoms with Crippen molar-refractivity contribution < 1.29 is 18.0 Å². The summed E-state index contributed by atoms with van der Waals surface area (Å²) in [5, 5.41) is 0. The van der Waals surface area contributed by atoms with E-state index < -0.39 is 21.5 Å². The lowest BCUT2D eigenvalue weighted by atomic mass is 9.70. The molecule has 4 rings (SSSR count). The number of ketones is 1. The van der Waals surface area contributed by atoms with E-state index in [-0.39, 0.29) is 22.9 Å². The van der Waals surface area contributed by atoms with Gasteiger partial charge in [-0.05, 0) is 37.0 Å². The Kier molecular flexibility index (Phi) is 4.47. The molecule has 4 fully saturated rings. The van der Waals surface area contributed by atoms with Crippen LogP contribution in [0.3, 0.4) is 0 Å². The van der Waals surface area contributed by atoms with E-state index in [4.69, 9.17) is 0 Å². The Balaban J connectivity index is 1.58. The molecule has 0 N–H and O–H groups in total. The number of hydrogen-bond acceptors (Lipinski definition) is 5. The Labute approximate surface area is 160 Å². The molecule has 0 aromatic rings. The van der Waals surface area contributed by atoms with Crippen LogP contribution in [0.15, 0.2) is 0 Å². The highest BCUT2D eigenvalue weighted by molar-refractivity contribution is 8.00. The SMILES string of the molecule is CC1(C)[C@H]2CC[C@@]1(CS(=O)(=O)N1CSC[C@H]1C(=O)N1CCCC1)C(=O)C2. The number of nitrogens with zero attached hydrogens (tertiary/aromatic N) is 2. The van der Waals surface area contributed by atoms with Crippen molar-refractivity contribution in [3.63, 3.8) is 0 Å². The van der Waals surface area contributed by atoms with Gasteiger partial charge in [0.1, 0.15) is 11.8 Å². The fourth-order valence-corrected chi connectivity index (χ4v) is 9.54. The molecule has 2 bridgehead atoms. The zero-order valence-corrected chi connectivity index (χ0v) is 17.2. The lowest BCUT2D eigenvalue weighted by Crippen LogP contribution is -2.52. The minimum Gasteiger partial charge on any atom is -0.341 e. The number of thioether (sulfide) groups is 1. The van der Waals surface area contributed by atoms with Crippen molar-refractivity contribution in [1.82, 2.24) is 9.21 Å². The number of sulfonamides is 1. The zero-order chi connectivity index (χ0) is 18.7. The van der Waals surface area contributed by atoms with Crippen molar-refractivity contribution in [2.24, 2.45) is 16.7 Å². The van der Waals surface area contributed by atoms with Crippen LogP contribution in [0.1, 0.15) is 46.0 Å². The first-order valence-corrected chi connectivity index (χ1v) is 12.3. The number of hydrogen-bond donors (Lipinski definition) is 0. The number of carbonyl (C=O) groups excluding carboxylic acids is 2. The molecular formula is C18H28N2O4S2. The molecule has 4 aliphatic rings. The second kappa shape index (κ2) is 6.21. The Morgan fingerprint density at radius 1 is 1.27 bits per heavy atom. The molecule has 1 amide bonds. The topological polar surface area (TPSA) is 74.8 Å². The number of amides is 1. The van der Waals surface area contributed by atoms with Gasteiger partial charge >= 0.3 is 0 Å². The van der Waals surface area contributed by atoms with Crippen LogP contribution >= 0.6 is 11.8 Å². The summed E-state index contributed by atoms with van der Waals surface area (Å²) in [5.74, 6) is 1.04. The molecular weight excluding hydrogens is 372 g/mol. The van der Waals surface area contributed by atoms with Gasteiger partial charge in [-0.25, -0.2) is 8.42 Å². The number of likely N-dealkylation sites (tertiary alicyclic amines) is 1. The highest BCUT2D eigenvalue weighted by Gasteiger charge is 2.66. The van der Waals surface area contributed by atoms with Gasteiger partial charge in [-0.3, -0.25) is 9.59 Å². The van der Waals surface area contributed by atoms with E-state index in [0.29, 0.717) is 30.4 Å². The van der Waals surface area contributed by atoms with Crippen LogP contribution in [0, 0.1) is 16.7 Å². The summed E-state index contributed by atoms with van der Waals surface area (Å²) in [4.78, 5) is 27.4. The van der Waals surface area contributed by atoms with Crippen LogP contribution in [0.4, 0.5) is 0 Å². The first kappa shape index (κ1) is 18.7. The van der Waals surface area contributed by atoms with Gasteiger partial charge in [-0.1, -0.05) is 13.8 Å². The van der Waals surface area contributed by atoms with E-state index >= 15 is 0 Å². The Morgan fingerprint density at radius 3 is 2.54 bits per heavy atom. The van der Waals surface area contributed by atoms with Gasteiger partial charge < -0.3 is 4.90 Å². The number of fused-ring (bicyclic) bond motifs is 2. The quantitative estimate of drug-likeness (QED) is 0.718. The maximum absolute atomic E-state index is 13.3. The van der Waals surface area contributed by atoms with Crippen LogP contribution in [0.5, 0.6) is 0 Å². The second-order valence-corrected chi connectivity index (χ2v) is 11.8.